The van der Waals surface area contributed by atoms with Gasteiger partial charge in [-0.1, -0.05) is 13.3 Å². The average Bonchev–Trinajstić information content (AvgIpc) is 3.23. The second kappa shape index (κ2) is 5.88. The van der Waals surface area contributed by atoms with Crippen LogP contribution in [0.2, 0.25) is 0 Å². The van der Waals surface area contributed by atoms with Gasteiger partial charge in [-0.2, -0.15) is 0 Å². The SMILES string of the molecule is CCCC1(C(=O)O)CCN(C2CC(C)N(C3CC3)C2)CC1. The Morgan fingerprint density at radius 1 is 1.24 bits per heavy atom. The summed E-state index contributed by atoms with van der Waals surface area (Å²) in [6.45, 7) is 7.62. The van der Waals surface area contributed by atoms with Crippen LogP contribution in [0.4, 0.5) is 0 Å². The number of piperidine rings is 1. The molecule has 1 saturated carbocycles. The predicted octanol–water partition coefficient (Wildman–Crippen LogP) is 2.58. The highest BCUT2D eigenvalue weighted by Gasteiger charge is 2.45. The molecule has 120 valence electrons. The molecule has 1 aliphatic carbocycles. The van der Waals surface area contributed by atoms with E-state index in [1.165, 1.54) is 25.8 Å². The minimum Gasteiger partial charge on any atom is -0.481 e. The van der Waals surface area contributed by atoms with Crippen LogP contribution in [0.5, 0.6) is 0 Å². The summed E-state index contributed by atoms with van der Waals surface area (Å²) in [5, 5.41) is 9.61. The minimum absolute atomic E-state index is 0.439. The molecular weight excluding hydrogens is 264 g/mol. The number of hydrogen-bond donors (Lipinski definition) is 1. The second-order valence-corrected chi connectivity index (χ2v) is 7.54. The van der Waals surface area contributed by atoms with E-state index in [4.69, 9.17) is 0 Å². The molecule has 3 fully saturated rings. The van der Waals surface area contributed by atoms with Gasteiger partial charge in [-0.25, -0.2) is 0 Å². The Bertz CT molecular complexity index is 386. The van der Waals surface area contributed by atoms with Crippen molar-refractivity contribution in [3.63, 3.8) is 0 Å². The average molecular weight is 294 g/mol. The second-order valence-electron chi connectivity index (χ2n) is 7.54. The first-order valence-corrected chi connectivity index (χ1v) is 8.79. The fourth-order valence-electron chi connectivity index (χ4n) is 4.57. The topological polar surface area (TPSA) is 43.8 Å². The van der Waals surface area contributed by atoms with Gasteiger partial charge in [0.15, 0.2) is 0 Å². The van der Waals surface area contributed by atoms with Gasteiger partial charge < -0.3 is 5.11 Å². The Hall–Kier alpha value is -0.610. The maximum absolute atomic E-state index is 11.7. The third kappa shape index (κ3) is 2.98. The quantitative estimate of drug-likeness (QED) is 0.846. The predicted molar refractivity (Wildman–Crippen MR) is 83.4 cm³/mol. The van der Waals surface area contributed by atoms with Gasteiger partial charge in [0.2, 0.25) is 0 Å². The van der Waals surface area contributed by atoms with Gasteiger partial charge in [0.05, 0.1) is 5.41 Å². The van der Waals surface area contributed by atoms with Crippen molar-refractivity contribution in [2.75, 3.05) is 19.6 Å². The van der Waals surface area contributed by atoms with Crippen molar-refractivity contribution in [1.82, 2.24) is 9.80 Å². The lowest BCUT2D eigenvalue weighted by molar-refractivity contribution is -0.153. The summed E-state index contributed by atoms with van der Waals surface area (Å²) in [4.78, 5) is 16.9. The standard InChI is InChI=1S/C17H30N2O2/c1-3-6-17(16(20)21)7-9-18(10-8-17)15-11-13(2)19(12-15)14-4-5-14/h13-15H,3-12H2,1-2H3,(H,20,21). The highest BCUT2D eigenvalue weighted by atomic mass is 16.4. The molecule has 3 aliphatic rings. The summed E-state index contributed by atoms with van der Waals surface area (Å²) in [5.74, 6) is -0.566. The van der Waals surface area contributed by atoms with Crippen molar-refractivity contribution in [1.29, 1.82) is 0 Å². The van der Waals surface area contributed by atoms with Gasteiger partial charge in [-0.3, -0.25) is 14.6 Å². The zero-order chi connectivity index (χ0) is 15.0. The Morgan fingerprint density at radius 2 is 1.90 bits per heavy atom. The van der Waals surface area contributed by atoms with E-state index in [0.717, 1.165) is 44.8 Å². The lowest BCUT2D eigenvalue weighted by Crippen LogP contribution is -2.48. The number of carboxylic acids is 1. The number of carbonyl (C=O) groups is 1. The lowest BCUT2D eigenvalue weighted by atomic mass is 9.74. The van der Waals surface area contributed by atoms with Gasteiger partial charge in [0, 0.05) is 24.7 Å². The molecule has 0 spiro atoms. The molecule has 21 heavy (non-hydrogen) atoms. The van der Waals surface area contributed by atoms with Crippen LogP contribution >= 0.6 is 0 Å². The first kappa shape index (κ1) is 15.3. The summed E-state index contributed by atoms with van der Waals surface area (Å²) >= 11 is 0. The summed E-state index contributed by atoms with van der Waals surface area (Å²) in [7, 11) is 0. The number of nitrogens with zero attached hydrogens (tertiary/aromatic N) is 2. The molecule has 2 heterocycles. The Morgan fingerprint density at radius 3 is 2.43 bits per heavy atom. The van der Waals surface area contributed by atoms with E-state index in [1.54, 1.807) is 0 Å². The maximum atomic E-state index is 11.7. The van der Waals surface area contributed by atoms with Gasteiger partial charge >= 0.3 is 5.97 Å². The molecule has 0 amide bonds. The smallest absolute Gasteiger partial charge is 0.309 e. The Kier molecular flexibility index (Phi) is 4.28. The van der Waals surface area contributed by atoms with Crippen molar-refractivity contribution < 1.29 is 9.90 Å². The van der Waals surface area contributed by atoms with E-state index in [9.17, 15) is 9.90 Å². The number of carboxylic acid groups (broad SMARTS) is 1. The molecule has 4 heteroatoms. The molecule has 0 bridgehead atoms. The number of likely N-dealkylation sites (tertiary alicyclic amines) is 2. The van der Waals surface area contributed by atoms with E-state index in [1.807, 2.05) is 0 Å². The van der Waals surface area contributed by atoms with E-state index in [2.05, 4.69) is 23.6 Å². The first-order chi connectivity index (χ1) is 10.1. The van der Waals surface area contributed by atoms with Crippen molar-refractivity contribution >= 4 is 5.97 Å². The molecule has 2 unspecified atom stereocenters. The third-order valence-electron chi connectivity index (χ3n) is 6.07. The molecule has 0 aromatic carbocycles. The lowest BCUT2D eigenvalue weighted by Gasteiger charge is -2.41. The monoisotopic (exact) mass is 294 g/mol. The molecule has 3 rings (SSSR count). The summed E-state index contributed by atoms with van der Waals surface area (Å²) in [5.41, 5.74) is -0.439. The van der Waals surface area contributed by atoms with E-state index in [0.29, 0.717) is 12.1 Å². The van der Waals surface area contributed by atoms with Crippen LogP contribution < -0.4 is 0 Å². The number of rotatable bonds is 5. The van der Waals surface area contributed by atoms with Crippen molar-refractivity contribution in [3.05, 3.63) is 0 Å². The number of aliphatic carboxylic acids is 1. The molecule has 4 nitrogen and oxygen atoms in total. The molecule has 0 aromatic rings. The minimum atomic E-state index is -0.566. The summed E-state index contributed by atoms with van der Waals surface area (Å²) in [6, 6.07) is 2.23. The maximum Gasteiger partial charge on any atom is 0.309 e. The summed E-state index contributed by atoms with van der Waals surface area (Å²) in [6.07, 6.45) is 7.53. The van der Waals surface area contributed by atoms with Gasteiger partial charge in [-0.15, -0.1) is 0 Å². The Balaban J connectivity index is 1.57. The zero-order valence-electron chi connectivity index (χ0n) is 13.6. The Labute approximate surface area is 128 Å². The largest absolute Gasteiger partial charge is 0.481 e. The van der Waals surface area contributed by atoms with Crippen LogP contribution in [0.3, 0.4) is 0 Å². The van der Waals surface area contributed by atoms with Crippen LogP contribution in [-0.2, 0) is 4.79 Å². The van der Waals surface area contributed by atoms with Crippen LogP contribution in [0.1, 0.15) is 58.8 Å². The fourth-order valence-corrected chi connectivity index (χ4v) is 4.57. The third-order valence-corrected chi connectivity index (χ3v) is 6.07. The van der Waals surface area contributed by atoms with Crippen LogP contribution in [0, 0.1) is 5.41 Å². The fraction of sp³-hybridized carbons (Fsp3) is 0.941. The van der Waals surface area contributed by atoms with Gasteiger partial charge in [0.1, 0.15) is 0 Å². The highest BCUT2D eigenvalue weighted by molar-refractivity contribution is 5.74. The molecule has 2 aliphatic heterocycles. The van der Waals surface area contributed by atoms with Crippen LogP contribution in [0.15, 0.2) is 0 Å². The van der Waals surface area contributed by atoms with E-state index >= 15 is 0 Å². The van der Waals surface area contributed by atoms with E-state index < -0.39 is 11.4 Å². The summed E-state index contributed by atoms with van der Waals surface area (Å²) < 4.78 is 0. The molecule has 2 atom stereocenters. The van der Waals surface area contributed by atoms with Crippen LogP contribution in [0.25, 0.3) is 0 Å². The van der Waals surface area contributed by atoms with Crippen LogP contribution in [-0.4, -0.2) is 58.6 Å². The first-order valence-electron chi connectivity index (χ1n) is 8.79. The molecular formula is C17H30N2O2. The van der Waals surface area contributed by atoms with E-state index in [-0.39, 0.29) is 0 Å². The van der Waals surface area contributed by atoms with Crippen molar-refractivity contribution in [2.45, 2.75) is 76.9 Å². The van der Waals surface area contributed by atoms with Gasteiger partial charge in [-0.05, 0) is 58.5 Å². The highest BCUT2D eigenvalue weighted by Crippen LogP contribution is 2.40. The van der Waals surface area contributed by atoms with Crippen molar-refractivity contribution in [2.24, 2.45) is 5.41 Å². The molecule has 2 saturated heterocycles. The van der Waals surface area contributed by atoms with Gasteiger partial charge in [0.25, 0.3) is 0 Å². The zero-order valence-corrected chi connectivity index (χ0v) is 13.6. The molecule has 0 aromatic heterocycles. The number of hydrogen-bond acceptors (Lipinski definition) is 3. The molecule has 1 N–H and O–H groups in total. The van der Waals surface area contributed by atoms with Crippen molar-refractivity contribution in [3.8, 4) is 0 Å². The normalized spacial score (nSPS) is 34.2. The molecule has 0 radical (unpaired) electrons.